The van der Waals surface area contributed by atoms with Crippen molar-refractivity contribution in [1.82, 2.24) is 4.90 Å². The van der Waals surface area contributed by atoms with Gasteiger partial charge in [0.1, 0.15) is 0 Å². The first-order valence-corrected chi connectivity index (χ1v) is 5.82. The minimum atomic E-state index is -4.90. The third-order valence-electron chi connectivity index (χ3n) is 3.02. The molecule has 5 nitrogen and oxygen atoms in total. The van der Waals surface area contributed by atoms with Crippen molar-refractivity contribution in [2.24, 2.45) is 11.3 Å². The molecule has 1 unspecified atom stereocenters. The van der Waals surface area contributed by atoms with Gasteiger partial charge in [0, 0.05) is 13.1 Å². The Balaban J connectivity index is 2.75. The predicted octanol–water partition coefficient (Wildman–Crippen LogP) is 2.12. The molecule has 1 N–H and O–H groups in total. The lowest BCUT2D eigenvalue weighted by Gasteiger charge is -2.27. The van der Waals surface area contributed by atoms with Gasteiger partial charge in [0.2, 0.25) is 0 Å². The fourth-order valence-electron chi connectivity index (χ4n) is 1.82. The maximum atomic E-state index is 12.9. The summed E-state index contributed by atoms with van der Waals surface area (Å²) >= 11 is 0. The molecule has 0 aromatic carbocycles. The molecule has 1 amide bonds. The van der Waals surface area contributed by atoms with Gasteiger partial charge in [0.25, 0.3) is 0 Å². The summed E-state index contributed by atoms with van der Waals surface area (Å²) in [5.74, 6) is -1.91. The molecule has 0 bridgehead atoms. The molecule has 0 aromatic rings. The van der Waals surface area contributed by atoms with Crippen LogP contribution in [0.4, 0.5) is 18.0 Å². The molecule has 19 heavy (non-hydrogen) atoms. The van der Waals surface area contributed by atoms with E-state index in [1.807, 2.05) is 0 Å². The number of halogens is 3. The van der Waals surface area contributed by atoms with E-state index in [-0.39, 0.29) is 19.1 Å². The van der Waals surface area contributed by atoms with E-state index in [0.717, 1.165) is 4.90 Å². The fraction of sp³-hybridized carbons (Fsp3) is 0.818. The summed E-state index contributed by atoms with van der Waals surface area (Å²) in [7, 11) is 0. The van der Waals surface area contributed by atoms with Gasteiger partial charge in [-0.15, -0.1) is 0 Å². The van der Waals surface area contributed by atoms with Crippen molar-refractivity contribution in [1.29, 1.82) is 0 Å². The van der Waals surface area contributed by atoms with Gasteiger partial charge < -0.3 is 14.7 Å². The molecule has 0 aliphatic carbocycles. The number of carbonyl (C=O) groups excluding carboxylic acids is 1. The topological polar surface area (TPSA) is 66.8 Å². The molecule has 8 heteroatoms. The lowest BCUT2D eigenvalue weighted by Crippen LogP contribution is -2.47. The number of carboxylic acids is 1. The van der Waals surface area contributed by atoms with E-state index in [1.165, 1.54) is 0 Å². The zero-order valence-corrected chi connectivity index (χ0v) is 10.7. The van der Waals surface area contributed by atoms with Crippen molar-refractivity contribution < 1.29 is 32.6 Å². The third-order valence-corrected chi connectivity index (χ3v) is 3.02. The van der Waals surface area contributed by atoms with Crippen LogP contribution < -0.4 is 0 Å². The van der Waals surface area contributed by atoms with Crippen molar-refractivity contribution in [2.75, 3.05) is 19.7 Å². The highest BCUT2D eigenvalue weighted by Crippen LogP contribution is 2.45. The number of likely N-dealkylation sites (tertiary alicyclic amines) is 1. The largest absolute Gasteiger partial charge is 0.481 e. The Hall–Kier alpha value is -1.47. The summed E-state index contributed by atoms with van der Waals surface area (Å²) in [6.07, 6.45) is -6.45. The molecule has 0 spiro atoms. The molecule has 0 radical (unpaired) electrons. The van der Waals surface area contributed by atoms with Crippen LogP contribution >= 0.6 is 0 Å². The number of hydrogen-bond acceptors (Lipinski definition) is 3. The maximum absolute atomic E-state index is 12.9. The zero-order valence-electron chi connectivity index (χ0n) is 10.7. The van der Waals surface area contributed by atoms with Gasteiger partial charge in [-0.2, -0.15) is 13.2 Å². The molecule has 110 valence electrons. The van der Waals surface area contributed by atoms with Gasteiger partial charge in [-0.25, -0.2) is 4.79 Å². The first-order valence-electron chi connectivity index (χ1n) is 5.82. The van der Waals surface area contributed by atoms with Crippen molar-refractivity contribution in [2.45, 2.75) is 26.4 Å². The lowest BCUT2D eigenvalue weighted by atomic mass is 9.86. The Labute approximate surface area is 108 Å². The highest BCUT2D eigenvalue weighted by molar-refractivity contribution is 5.78. The molecular weight excluding hydrogens is 267 g/mol. The molecule has 0 aromatic heterocycles. The Morgan fingerprint density at radius 3 is 2.37 bits per heavy atom. The number of aliphatic carboxylic acids is 1. The summed E-state index contributed by atoms with van der Waals surface area (Å²) < 4.78 is 43.4. The van der Waals surface area contributed by atoms with E-state index < -0.39 is 36.6 Å². The lowest BCUT2D eigenvalue weighted by molar-refractivity contribution is -0.227. The number of alkyl halides is 3. The zero-order chi connectivity index (χ0) is 14.8. The van der Waals surface area contributed by atoms with Crippen LogP contribution in [0.2, 0.25) is 0 Å². The fourth-order valence-corrected chi connectivity index (χ4v) is 1.82. The molecular formula is C11H16F3NO4. The van der Waals surface area contributed by atoms with Crippen LogP contribution in [-0.4, -0.2) is 47.9 Å². The van der Waals surface area contributed by atoms with Crippen LogP contribution in [0.5, 0.6) is 0 Å². The van der Waals surface area contributed by atoms with Crippen LogP contribution in [0.25, 0.3) is 0 Å². The third kappa shape index (κ3) is 3.10. The number of carbonyl (C=O) groups is 2. The Morgan fingerprint density at radius 1 is 1.42 bits per heavy atom. The van der Waals surface area contributed by atoms with E-state index in [0.29, 0.717) is 0 Å². The minimum Gasteiger partial charge on any atom is -0.481 e. The van der Waals surface area contributed by atoms with Crippen LogP contribution in [0.3, 0.4) is 0 Å². The van der Waals surface area contributed by atoms with Crippen LogP contribution in [-0.2, 0) is 9.53 Å². The highest BCUT2D eigenvalue weighted by Gasteiger charge is 2.64. The average molecular weight is 283 g/mol. The minimum absolute atomic E-state index is 0.0541. The molecule has 1 aliphatic rings. The first kappa shape index (κ1) is 15.6. The van der Waals surface area contributed by atoms with E-state index >= 15 is 0 Å². The number of ether oxygens (including phenoxy) is 1. The second kappa shape index (κ2) is 5.26. The van der Waals surface area contributed by atoms with Gasteiger partial charge in [0.05, 0.1) is 6.61 Å². The van der Waals surface area contributed by atoms with Crippen LogP contribution in [0, 0.1) is 11.3 Å². The number of hydrogen-bond donors (Lipinski definition) is 1. The van der Waals surface area contributed by atoms with E-state index in [2.05, 4.69) is 0 Å². The maximum Gasteiger partial charge on any atom is 0.409 e. The Morgan fingerprint density at radius 2 is 2.00 bits per heavy atom. The molecule has 1 aliphatic heterocycles. The number of rotatable bonds is 3. The normalized spacial score (nSPS) is 23.8. The molecule has 1 rings (SSSR count). The molecule has 1 heterocycles. The monoisotopic (exact) mass is 283 g/mol. The summed E-state index contributed by atoms with van der Waals surface area (Å²) in [5, 5.41) is 8.82. The predicted molar refractivity (Wildman–Crippen MR) is 58.5 cm³/mol. The second-order valence-electron chi connectivity index (χ2n) is 5.03. The molecule has 1 atom stereocenters. The van der Waals surface area contributed by atoms with Gasteiger partial charge in [-0.3, -0.25) is 4.79 Å². The number of amides is 1. The second-order valence-corrected chi connectivity index (χ2v) is 5.03. The summed E-state index contributed by atoms with van der Waals surface area (Å²) in [6, 6.07) is 0. The Kier molecular flexibility index (Phi) is 4.32. The van der Waals surface area contributed by atoms with Crippen molar-refractivity contribution in [3.05, 3.63) is 0 Å². The van der Waals surface area contributed by atoms with Crippen molar-refractivity contribution >= 4 is 12.1 Å². The molecule has 1 saturated heterocycles. The van der Waals surface area contributed by atoms with Crippen LogP contribution in [0.15, 0.2) is 0 Å². The van der Waals surface area contributed by atoms with E-state index in [4.69, 9.17) is 9.84 Å². The highest BCUT2D eigenvalue weighted by atomic mass is 19.4. The number of carboxylic acid groups (broad SMARTS) is 1. The van der Waals surface area contributed by atoms with E-state index in [1.54, 1.807) is 13.8 Å². The van der Waals surface area contributed by atoms with Crippen LogP contribution in [0.1, 0.15) is 20.3 Å². The van der Waals surface area contributed by atoms with Gasteiger partial charge in [-0.1, -0.05) is 13.8 Å². The summed E-state index contributed by atoms with van der Waals surface area (Å²) in [4.78, 5) is 23.2. The van der Waals surface area contributed by atoms with E-state index in [9.17, 15) is 22.8 Å². The van der Waals surface area contributed by atoms with Gasteiger partial charge in [0.15, 0.2) is 5.41 Å². The standard InChI is InChI=1S/C11H16F3NO4/c1-7(2)5-19-9(18)15-4-3-10(6-15,8(16)17)11(12,13)14/h7H,3-6H2,1-2H3,(H,16,17). The quantitative estimate of drug-likeness (QED) is 0.861. The summed E-state index contributed by atoms with van der Waals surface area (Å²) in [5.41, 5.74) is -2.89. The molecule has 1 fully saturated rings. The first-order chi connectivity index (χ1) is 8.60. The van der Waals surface area contributed by atoms with Gasteiger partial charge >= 0.3 is 18.2 Å². The Bertz CT molecular complexity index is 369. The number of nitrogens with zero attached hydrogens (tertiary/aromatic N) is 1. The van der Waals surface area contributed by atoms with Gasteiger partial charge in [-0.05, 0) is 12.3 Å². The van der Waals surface area contributed by atoms with Crippen molar-refractivity contribution in [3.8, 4) is 0 Å². The SMILES string of the molecule is CC(C)COC(=O)N1CCC(C(=O)O)(C(F)(F)F)C1. The average Bonchev–Trinajstić information content (AvgIpc) is 2.71. The van der Waals surface area contributed by atoms with Crippen molar-refractivity contribution in [3.63, 3.8) is 0 Å². The summed E-state index contributed by atoms with van der Waals surface area (Å²) in [6.45, 7) is 2.48. The smallest absolute Gasteiger partial charge is 0.409 e. The molecule has 0 saturated carbocycles.